The van der Waals surface area contributed by atoms with Crippen molar-refractivity contribution in [2.45, 2.75) is 11.8 Å². The van der Waals surface area contributed by atoms with Crippen molar-refractivity contribution in [2.24, 2.45) is 0 Å². The average molecular weight is 217 g/mol. The van der Waals surface area contributed by atoms with Crippen LogP contribution in [0.3, 0.4) is 0 Å². The van der Waals surface area contributed by atoms with Gasteiger partial charge < -0.3 is 4.74 Å². The molecule has 0 bridgehead atoms. The maximum atomic E-state index is 11.4. The molecule has 5 heteroatoms. The number of aryl methyl sites for hydroxylation is 1. The molecule has 0 unspecified atom stereocenters. The van der Waals surface area contributed by atoms with Crippen molar-refractivity contribution in [1.82, 2.24) is 4.72 Å². The van der Waals surface area contributed by atoms with E-state index in [0.29, 0.717) is 5.75 Å². The van der Waals surface area contributed by atoms with E-state index < -0.39 is 10.0 Å². The highest BCUT2D eigenvalue weighted by Gasteiger charge is 2.12. The van der Waals surface area contributed by atoms with Crippen LogP contribution in [-0.4, -0.2) is 22.6 Å². The number of hydrogen-bond donors (Lipinski definition) is 1. The summed E-state index contributed by atoms with van der Waals surface area (Å²) in [6.07, 6.45) is 0. The van der Waals surface area contributed by atoms with Crippen molar-refractivity contribution in [3.05, 3.63) is 23.8 Å². The largest absolute Gasteiger partial charge is 0.496 e. The van der Waals surface area contributed by atoms with Crippen LogP contribution >= 0.6 is 0 Å². The van der Waals surface area contributed by atoms with Gasteiger partial charge in [-0.15, -0.1) is 0 Å². The number of benzene rings is 1. The molecular formula is C9H15NO3S. The van der Waals surface area contributed by atoms with E-state index >= 15 is 0 Å². The second kappa shape index (κ2) is 3.98. The molecule has 0 aliphatic heterocycles. The summed E-state index contributed by atoms with van der Waals surface area (Å²) in [5, 5.41) is 0. The number of sulfonamides is 1. The number of ether oxygens (including phenoxy) is 1. The zero-order chi connectivity index (χ0) is 10.8. The predicted molar refractivity (Wildman–Crippen MR) is 56.1 cm³/mol. The van der Waals surface area contributed by atoms with Gasteiger partial charge in [0.25, 0.3) is 0 Å². The Kier molecular flexibility index (Phi) is 3.13. The van der Waals surface area contributed by atoms with Crippen LogP contribution < -0.4 is 9.46 Å². The van der Waals surface area contributed by atoms with Crippen molar-refractivity contribution in [2.75, 3.05) is 14.2 Å². The minimum atomic E-state index is -3.38. The third-order valence-corrected chi connectivity index (χ3v) is 3.37. The molecular weight excluding hydrogens is 202 g/mol. The Morgan fingerprint density at radius 2 is 2.07 bits per heavy atom. The number of rotatable bonds is 3. The molecule has 0 heterocycles. The van der Waals surface area contributed by atoms with E-state index in [4.69, 9.17) is 4.74 Å². The van der Waals surface area contributed by atoms with Gasteiger partial charge in [-0.1, -0.05) is 6.07 Å². The Morgan fingerprint density at radius 3 is 2.57 bits per heavy atom. The standard InChI is InChI=1S/C9H13NO3S.H2/c1-7-4-5-8(6-9(7)13-3)14(11,12)10-2;/h4-6,10H,1-3H3;1H. The summed E-state index contributed by atoms with van der Waals surface area (Å²) in [7, 11) is -0.489. The summed E-state index contributed by atoms with van der Waals surface area (Å²) < 4.78 is 30.1. The van der Waals surface area contributed by atoms with Gasteiger partial charge in [0.2, 0.25) is 10.0 Å². The molecule has 1 aromatic rings. The number of methoxy groups -OCH3 is 1. The van der Waals surface area contributed by atoms with Crippen molar-refractivity contribution < 1.29 is 14.6 Å². The molecule has 0 fully saturated rings. The molecule has 0 saturated heterocycles. The lowest BCUT2D eigenvalue weighted by Crippen LogP contribution is -2.18. The van der Waals surface area contributed by atoms with Crippen molar-refractivity contribution in [1.29, 1.82) is 0 Å². The Balaban J connectivity index is 0.00000196. The molecule has 1 rings (SSSR count). The highest BCUT2D eigenvalue weighted by Crippen LogP contribution is 2.21. The first kappa shape index (κ1) is 11.0. The summed E-state index contributed by atoms with van der Waals surface area (Å²) in [4.78, 5) is 0.211. The molecule has 4 nitrogen and oxygen atoms in total. The molecule has 1 aromatic carbocycles. The highest BCUT2D eigenvalue weighted by molar-refractivity contribution is 7.89. The number of hydrogen-bond acceptors (Lipinski definition) is 3. The Hall–Kier alpha value is -1.07. The number of nitrogens with one attached hydrogen (secondary N) is 1. The van der Waals surface area contributed by atoms with Gasteiger partial charge in [0.1, 0.15) is 5.75 Å². The highest BCUT2D eigenvalue weighted by atomic mass is 32.2. The summed E-state index contributed by atoms with van der Waals surface area (Å²) in [6, 6.07) is 4.76. The first-order valence-corrected chi connectivity index (χ1v) is 5.58. The maximum absolute atomic E-state index is 11.4. The van der Waals surface area contributed by atoms with Crippen LogP contribution in [0.2, 0.25) is 0 Å². The third-order valence-electron chi connectivity index (χ3n) is 1.96. The van der Waals surface area contributed by atoms with Gasteiger partial charge >= 0.3 is 0 Å². The SMILES string of the molecule is CNS(=O)(=O)c1ccc(C)c(OC)c1.[HH]. The van der Waals surface area contributed by atoms with Crippen LogP contribution in [0.5, 0.6) is 5.75 Å². The summed E-state index contributed by atoms with van der Waals surface area (Å²) in [6.45, 7) is 1.86. The van der Waals surface area contributed by atoms with E-state index in [1.54, 1.807) is 12.1 Å². The summed E-state index contributed by atoms with van der Waals surface area (Å²) in [5.41, 5.74) is 0.905. The van der Waals surface area contributed by atoms with Crippen molar-refractivity contribution >= 4 is 10.0 Å². The molecule has 0 spiro atoms. The van der Waals surface area contributed by atoms with Gasteiger partial charge in [0, 0.05) is 7.49 Å². The van der Waals surface area contributed by atoms with Crippen LogP contribution in [0.25, 0.3) is 0 Å². The molecule has 0 radical (unpaired) electrons. The van der Waals surface area contributed by atoms with Gasteiger partial charge in [-0.05, 0) is 25.6 Å². The van der Waals surface area contributed by atoms with E-state index in [1.165, 1.54) is 20.2 Å². The minimum absolute atomic E-state index is 0. The van der Waals surface area contributed by atoms with Crippen LogP contribution in [0, 0.1) is 6.92 Å². The molecule has 14 heavy (non-hydrogen) atoms. The van der Waals surface area contributed by atoms with Crippen LogP contribution in [0.15, 0.2) is 23.1 Å². The molecule has 0 aliphatic rings. The molecule has 0 atom stereocenters. The first-order valence-electron chi connectivity index (χ1n) is 4.09. The zero-order valence-corrected chi connectivity index (χ0v) is 9.18. The summed E-state index contributed by atoms with van der Waals surface area (Å²) >= 11 is 0. The van der Waals surface area contributed by atoms with Crippen LogP contribution in [0.1, 0.15) is 6.99 Å². The molecule has 0 amide bonds. The topological polar surface area (TPSA) is 55.4 Å². The Labute approximate surface area is 85.4 Å². The van der Waals surface area contributed by atoms with Crippen LogP contribution in [-0.2, 0) is 10.0 Å². The molecule has 0 aliphatic carbocycles. The van der Waals surface area contributed by atoms with E-state index in [-0.39, 0.29) is 6.32 Å². The quantitative estimate of drug-likeness (QED) is 0.826. The van der Waals surface area contributed by atoms with E-state index in [1.807, 2.05) is 6.92 Å². The van der Waals surface area contributed by atoms with E-state index in [0.717, 1.165) is 5.56 Å². The minimum Gasteiger partial charge on any atom is -0.496 e. The molecule has 80 valence electrons. The zero-order valence-electron chi connectivity index (χ0n) is 8.37. The van der Waals surface area contributed by atoms with Gasteiger partial charge in [0.05, 0.1) is 12.0 Å². The van der Waals surface area contributed by atoms with Gasteiger partial charge in [0.15, 0.2) is 0 Å². The van der Waals surface area contributed by atoms with E-state index in [2.05, 4.69) is 4.72 Å². The van der Waals surface area contributed by atoms with Gasteiger partial charge in [-0.25, -0.2) is 13.1 Å². The average Bonchev–Trinajstić information content (AvgIpc) is 2.18. The fourth-order valence-electron chi connectivity index (χ4n) is 1.09. The fraction of sp³-hybridized carbons (Fsp3) is 0.333. The predicted octanol–water partition coefficient (Wildman–Crippen LogP) is 1.16. The summed E-state index contributed by atoms with van der Waals surface area (Å²) in [5.74, 6) is 0.571. The Morgan fingerprint density at radius 1 is 1.43 bits per heavy atom. The lowest BCUT2D eigenvalue weighted by Gasteiger charge is -2.07. The lowest BCUT2D eigenvalue weighted by atomic mass is 10.2. The molecule has 1 N–H and O–H groups in total. The maximum Gasteiger partial charge on any atom is 0.240 e. The first-order chi connectivity index (χ1) is 6.51. The van der Waals surface area contributed by atoms with E-state index in [9.17, 15) is 8.42 Å². The second-order valence-corrected chi connectivity index (χ2v) is 4.73. The molecule has 0 saturated carbocycles. The normalized spacial score (nSPS) is 11.4. The lowest BCUT2D eigenvalue weighted by molar-refractivity contribution is 0.410. The smallest absolute Gasteiger partial charge is 0.240 e. The van der Waals surface area contributed by atoms with Gasteiger partial charge in [-0.3, -0.25) is 0 Å². The van der Waals surface area contributed by atoms with Crippen molar-refractivity contribution in [3.8, 4) is 5.75 Å². The van der Waals surface area contributed by atoms with Crippen molar-refractivity contribution in [3.63, 3.8) is 0 Å². The third kappa shape index (κ3) is 2.05. The fourth-order valence-corrected chi connectivity index (χ4v) is 1.83. The Bertz CT molecular complexity index is 431. The molecule has 0 aromatic heterocycles. The second-order valence-electron chi connectivity index (χ2n) is 2.84. The van der Waals surface area contributed by atoms with Crippen LogP contribution in [0.4, 0.5) is 0 Å². The van der Waals surface area contributed by atoms with Gasteiger partial charge in [-0.2, -0.15) is 0 Å². The monoisotopic (exact) mass is 217 g/mol.